The quantitative estimate of drug-likeness (QED) is 0.660. The van der Waals surface area contributed by atoms with Crippen LogP contribution in [-0.2, 0) is 4.79 Å². The third kappa shape index (κ3) is 2.08. The van der Waals surface area contributed by atoms with Gasteiger partial charge in [-0.25, -0.2) is 0 Å². The van der Waals surface area contributed by atoms with Gasteiger partial charge in [0.1, 0.15) is 5.78 Å². The fourth-order valence-corrected chi connectivity index (χ4v) is 4.41. The standard InChI is InChI=1S/C17H26O/c1-5-6-10-16(3)11-14(18)12-17(4)13(2)8-7-9-15(16)17/h5,8,15H,1,6-7,9-12H2,2-4H3/t15-,16+,17+/m1/s1. The van der Waals surface area contributed by atoms with Crippen molar-refractivity contribution in [3.05, 3.63) is 24.3 Å². The van der Waals surface area contributed by atoms with E-state index in [9.17, 15) is 4.79 Å². The third-order valence-corrected chi connectivity index (χ3v) is 5.50. The predicted molar refractivity (Wildman–Crippen MR) is 76.4 cm³/mol. The highest BCUT2D eigenvalue weighted by molar-refractivity contribution is 5.81. The number of carbonyl (C=O) groups is 1. The first-order valence-corrected chi connectivity index (χ1v) is 7.22. The van der Waals surface area contributed by atoms with E-state index >= 15 is 0 Å². The normalized spacial score (nSPS) is 40.1. The first-order chi connectivity index (χ1) is 8.42. The number of ketones is 1. The summed E-state index contributed by atoms with van der Waals surface area (Å²) in [7, 11) is 0. The Morgan fingerprint density at radius 1 is 1.44 bits per heavy atom. The van der Waals surface area contributed by atoms with Crippen molar-refractivity contribution in [2.24, 2.45) is 16.7 Å². The molecule has 0 bridgehead atoms. The maximum absolute atomic E-state index is 12.2. The molecule has 100 valence electrons. The lowest BCUT2D eigenvalue weighted by molar-refractivity contribution is -0.133. The second-order valence-corrected chi connectivity index (χ2v) is 6.81. The average Bonchev–Trinajstić information content (AvgIpc) is 2.28. The van der Waals surface area contributed by atoms with Crippen molar-refractivity contribution >= 4 is 5.78 Å². The van der Waals surface area contributed by atoms with E-state index in [1.165, 1.54) is 18.4 Å². The lowest BCUT2D eigenvalue weighted by atomic mass is 9.49. The van der Waals surface area contributed by atoms with Gasteiger partial charge in [-0.15, -0.1) is 6.58 Å². The van der Waals surface area contributed by atoms with Crippen molar-refractivity contribution in [3.63, 3.8) is 0 Å². The molecule has 0 radical (unpaired) electrons. The van der Waals surface area contributed by atoms with Gasteiger partial charge in [0.25, 0.3) is 0 Å². The Morgan fingerprint density at radius 2 is 2.17 bits per heavy atom. The van der Waals surface area contributed by atoms with Gasteiger partial charge in [-0.3, -0.25) is 4.79 Å². The summed E-state index contributed by atoms with van der Waals surface area (Å²) in [6.07, 6.45) is 10.4. The second kappa shape index (κ2) is 4.68. The van der Waals surface area contributed by atoms with Gasteiger partial charge in [-0.1, -0.05) is 31.6 Å². The highest BCUT2D eigenvalue weighted by Gasteiger charge is 2.52. The average molecular weight is 246 g/mol. The van der Waals surface area contributed by atoms with Gasteiger partial charge in [0.05, 0.1) is 0 Å². The summed E-state index contributed by atoms with van der Waals surface area (Å²) in [5.74, 6) is 1.11. The minimum absolute atomic E-state index is 0.115. The Kier molecular flexibility index (Phi) is 3.53. The van der Waals surface area contributed by atoms with Crippen LogP contribution in [0.1, 0.15) is 59.3 Å². The van der Waals surface area contributed by atoms with Crippen molar-refractivity contribution in [1.29, 1.82) is 0 Å². The molecule has 0 N–H and O–H groups in total. The second-order valence-electron chi connectivity index (χ2n) is 6.81. The van der Waals surface area contributed by atoms with Crippen LogP contribution in [0.25, 0.3) is 0 Å². The molecule has 2 aliphatic carbocycles. The molecule has 18 heavy (non-hydrogen) atoms. The third-order valence-electron chi connectivity index (χ3n) is 5.50. The molecule has 0 aliphatic heterocycles. The van der Waals surface area contributed by atoms with Gasteiger partial charge in [-0.05, 0) is 49.4 Å². The van der Waals surface area contributed by atoms with Crippen LogP contribution in [0.5, 0.6) is 0 Å². The molecule has 1 heteroatoms. The summed E-state index contributed by atoms with van der Waals surface area (Å²) in [5.41, 5.74) is 1.73. The van der Waals surface area contributed by atoms with E-state index in [1.807, 2.05) is 6.08 Å². The van der Waals surface area contributed by atoms with Crippen LogP contribution in [0.3, 0.4) is 0 Å². The summed E-state index contributed by atoms with van der Waals surface area (Å²) >= 11 is 0. The number of Topliss-reactive ketones (excluding diaryl/α,β-unsaturated/α-hetero) is 1. The van der Waals surface area contributed by atoms with E-state index in [1.54, 1.807) is 0 Å². The molecular formula is C17H26O. The van der Waals surface area contributed by atoms with E-state index < -0.39 is 0 Å². The number of carbonyl (C=O) groups excluding carboxylic acids is 1. The zero-order chi connectivity index (χ0) is 13.4. The SMILES string of the molecule is C=CCC[C@@]1(C)CC(=O)C[C@@]2(C)C(C)=CCC[C@H]12. The molecule has 0 amide bonds. The number of allylic oxidation sites excluding steroid dienone is 3. The summed E-state index contributed by atoms with van der Waals surface area (Å²) in [5, 5.41) is 0. The summed E-state index contributed by atoms with van der Waals surface area (Å²) in [4.78, 5) is 12.2. The first kappa shape index (κ1) is 13.6. The van der Waals surface area contributed by atoms with Crippen molar-refractivity contribution in [2.45, 2.75) is 59.3 Å². The molecule has 0 saturated heterocycles. The fraction of sp³-hybridized carbons (Fsp3) is 0.706. The first-order valence-electron chi connectivity index (χ1n) is 7.22. The maximum atomic E-state index is 12.2. The molecule has 0 aromatic carbocycles. The molecule has 0 spiro atoms. The molecular weight excluding hydrogens is 220 g/mol. The van der Waals surface area contributed by atoms with Crippen molar-refractivity contribution < 1.29 is 4.79 Å². The molecule has 1 saturated carbocycles. The minimum Gasteiger partial charge on any atom is -0.300 e. The molecule has 0 heterocycles. The summed E-state index contributed by atoms with van der Waals surface area (Å²) < 4.78 is 0. The highest BCUT2D eigenvalue weighted by Crippen LogP contribution is 2.58. The van der Waals surface area contributed by atoms with Crippen molar-refractivity contribution in [3.8, 4) is 0 Å². The Hall–Kier alpha value is -0.850. The minimum atomic E-state index is 0.115. The fourth-order valence-electron chi connectivity index (χ4n) is 4.41. The zero-order valence-corrected chi connectivity index (χ0v) is 12.1. The largest absolute Gasteiger partial charge is 0.300 e. The summed E-state index contributed by atoms with van der Waals surface area (Å²) in [6.45, 7) is 10.7. The van der Waals surface area contributed by atoms with E-state index in [-0.39, 0.29) is 10.8 Å². The van der Waals surface area contributed by atoms with Gasteiger partial charge in [0.2, 0.25) is 0 Å². The van der Waals surface area contributed by atoms with Gasteiger partial charge in [0.15, 0.2) is 0 Å². The number of rotatable bonds is 3. The van der Waals surface area contributed by atoms with E-state index in [0.717, 1.165) is 25.7 Å². The van der Waals surface area contributed by atoms with Crippen LogP contribution in [-0.4, -0.2) is 5.78 Å². The van der Waals surface area contributed by atoms with E-state index in [2.05, 4.69) is 33.4 Å². The van der Waals surface area contributed by atoms with Crippen LogP contribution in [0.4, 0.5) is 0 Å². The molecule has 2 aliphatic rings. The highest BCUT2D eigenvalue weighted by atomic mass is 16.1. The number of hydrogen-bond acceptors (Lipinski definition) is 1. The van der Waals surface area contributed by atoms with Gasteiger partial charge < -0.3 is 0 Å². The topological polar surface area (TPSA) is 17.1 Å². The lowest BCUT2D eigenvalue weighted by Crippen LogP contribution is -2.48. The number of fused-ring (bicyclic) bond motifs is 1. The molecule has 1 nitrogen and oxygen atoms in total. The molecule has 2 rings (SSSR count). The van der Waals surface area contributed by atoms with Crippen LogP contribution in [0.15, 0.2) is 24.3 Å². The van der Waals surface area contributed by atoms with Gasteiger partial charge in [-0.2, -0.15) is 0 Å². The van der Waals surface area contributed by atoms with Crippen molar-refractivity contribution in [1.82, 2.24) is 0 Å². The van der Waals surface area contributed by atoms with Crippen LogP contribution in [0.2, 0.25) is 0 Å². The maximum Gasteiger partial charge on any atom is 0.134 e. The van der Waals surface area contributed by atoms with Crippen LogP contribution < -0.4 is 0 Å². The predicted octanol–water partition coefficient (Wildman–Crippen LogP) is 4.68. The monoisotopic (exact) mass is 246 g/mol. The van der Waals surface area contributed by atoms with E-state index in [4.69, 9.17) is 0 Å². The van der Waals surface area contributed by atoms with Crippen LogP contribution in [0, 0.1) is 16.7 Å². The lowest BCUT2D eigenvalue weighted by Gasteiger charge is -2.54. The van der Waals surface area contributed by atoms with Gasteiger partial charge >= 0.3 is 0 Å². The molecule has 3 atom stereocenters. The smallest absolute Gasteiger partial charge is 0.134 e. The Bertz CT molecular complexity index is 392. The van der Waals surface area contributed by atoms with E-state index in [0.29, 0.717) is 11.7 Å². The van der Waals surface area contributed by atoms with Crippen LogP contribution >= 0.6 is 0 Å². The molecule has 0 aromatic rings. The Balaban J connectivity index is 2.35. The zero-order valence-electron chi connectivity index (χ0n) is 12.1. The van der Waals surface area contributed by atoms with Crippen molar-refractivity contribution in [2.75, 3.05) is 0 Å². The Morgan fingerprint density at radius 3 is 2.83 bits per heavy atom. The molecule has 0 aromatic heterocycles. The molecule has 0 unspecified atom stereocenters. The Labute approximate surface area is 111 Å². The molecule has 1 fully saturated rings. The number of hydrogen-bond donors (Lipinski definition) is 0. The summed E-state index contributed by atoms with van der Waals surface area (Å²) in [6, 6.07) is 0. The van der Waals surface area contributed by atoms with Gasteiger partial charge in [0, 0.05) is 12.8 Å².